The lowest BCUT2D eigenvalue weighted by molar-refractivity contribution is -0.122. The molecule has 1 atom stereocenters. The van der Waals surface area contributed by atoms with E-state index in [1.807, 2.05) is 43.3 Å². The molecule has 0 aliphatic carbocycles. The molecule has 2 aromatic carbocycles. The Morgan fingerprint density at radius 3 is 2.54 bits per heavy atom. The Morgan fingerprint density at radius 1 is 1.19 bits per heavy atom. The summed E-state index contributed by atoms with van der Waals surface area (Å²) in [6.45, 7) is 6.51. The highest BCUT2D eigenvalue weighted by atomic mass is 35.5. The van der Waals surface area contributed by atoms with Crippen molar-refractivity contribution < 1.29 is 9.59 Å². The van der Waals surface area contributed by atoms with Gasteiger partial charge in [0.15, 0.2) is 0 Å². The number of nitrogens with one attached hydrogen (secondary N) is 1. The molecule has 26 heavy (non-hydrogen) atoms. The molecule has 1 aliphatic rings. The lowest BCUT2D eigenvalue weighted by Gasteiger charge is -2.19. The second kappa shape index (κ2) is 7.50. The van der Waals surface area contributed by atoms with Crippen LogP contribution in [-0.2, 0) is 9.59 Å². The summed E-state index contributed by atoms with van der Waals surface area (Å²) in [6, 6.07) is 13.3. The van der Waals surface area contributed by atoms with Gasteiger partial charge in [-0.25, -0.2) is 0 Å². The predicted molar refractivity (Wildman–Crippen MR) is 106 cm³/mol. The van der Waals surface area contributed by atoms with E-state index in [1.165, 1.54) is 5.56 Å². The number of halogens is 1. The highest BCUT2D eigenvalue weighted by Crippen LogP contribution is 2.31. The molecular formula is C21H23ClN2O2. The Hall–Kier alpha value is -2.33. The van der Waals surface area contributed by atoms with Gasteiger partial charge in [-0.15, -0.1) is 0 Å². The topological polar surface area (TPSA) is 49.4 Å². The largest absolute Gasteiger partial charge is 0.326 e. The number of hydrogen-bond acceptors (Lipinski definition) is 2. The monoisotopic (exact) mass is 370 g/mol. The van der Waals surface area contributed by atoms with E-state index in [4.69, 9.17) is 11.6 Å². The van der Waals surface area contributed by atoms with Crippen LogP contribution in [0.5, 0.6) is 0 Å². The zero-order valence-corrected chi connectivity index (χ0v) is 16.0. The molecule has 3 rings (SSSR count). The Bertz CT molecular complexity index is 830. The van der Waals surface area contributed by atoms with Gasteiger partial charge in [0.25, 0.3) is 0 Å². The van der Waals surface area contributed by atoms with Crippen LogP contribution in [0.15, 0.2) is 42.5 Å². The molecule has 2 aromatic rings. The number of hydrogen-bond donors (Lipinski definition) is 1. The van der Waals surface area contributed by atoms with E-state index in [0.29, 0.717) is 17.5 Å². The number of benzene rings is 2. The molecular weight excluding hydrogens is 348 g/mol. The minimum Gasteiger partial charge on any atom is -0.326 e. The van der Waals surface area contributed by atoms with Crippen LogP contribution in [0.25, 0.3) is 0 Å². The molecule has 1 N–H and O–H groups in total. The smallest absolute Gasteiger partial charge is 0.229 e. The molecule has 1 aliphatic heterocycles. The standard InChI is InChI=1S/C21H23ClN2O2/c1-13(2)15-7-9-17(10-8-15)23-21(26)16-11-20(25)24(12-16)19-6-4-5-18(22)14(19)3/h4-10,13,16H,11-12H2,1-3H3,(H,23,26)/t16-/m1/s1. The molecule has 4 nitrogen and oxygen atoms in total. The second-order valence-electron chi connectivity index (χ2n) is 7.06. The summed E-state index contributed by atoms with van der Waals surface area (Å²) in [4.78, 5) is 26.7. The molecule has 0 saturated carbocycles. The molecule has 1 heterocycles. The van der Waals surface area contributed by atoms with Crippen molar-refractivity contribution in [3.05, 3.63) is 58.6 Å². The highest BCUT2D eigenvalue weighted by molar-refractivity contribution is 6.31. The van der Waals surface area contributed by atoms with Crippen molar-refractivity contribution in [2.45, 2.75) is 33.1 Å². The minimum absolute atomic E-state index is 0.0503. The van der Waals surface area contributed by atoms with E-state index in [9.17, 15) is 9.59 Å². The van der Waals surface area contributed by atoms with Gasteiger partial charge in [-0.1, -0.05) is 43.6 Å². The first kappa shape index (κ1) is 18.5. The number of rotatable bonds is 4. The molecule has 0 radical (unpaired) electrons. The van der Waals surface area contributed by atoms with Gasteiger partial charge in [-0.3, -0.25) is 9.59 Å². The molecule has 1 fully saturated rings. The van der Waals surface area contributed by atoms with Gasteiger partial charge in [-0.05, 0) is 48.2 Å². The first-order valence-electron chi connectivity index (χ1n) is 8.83. The average Bonchev–Trinajstić information content (AvgIpc) is 2.99. The SMILES string of the molecule is Cc1c(Cl)cccc1N1C[C@H](C(=O)Nc2ccc(C(C)C)cc2)CC1=O. The van der Waals surface area contributed by atoms with E-state index in [1.54, 1.807) is 11.0 Å². The number of carbonyl (C=O) groups is 2. The fourth-order valence-corrected chi connectivity index (χ4v) is 3.37. The molecule has 0 unspecified atom stereocenters. The van der Waals surface area contributed by atoms with Crippen molar-refractivity contribution in [2.75, 3.05) is 16.8 Å². The third-order valence-corrected chi connectivity index (χ3v) is 5.28. The minimum atomic E-state index is -0.370. The molecule has 136 valence electrons. The van der Waals surface area contributed by atoms with Crippen LogP contribution in [0.4, 0.5) is 11.4 Å². The normalized spacial score (nSPS) is 17.0. The maximum atomic E-state index is 12.6. The molecule has 2 amide bonds. The van der Waals surface area contributed by atoms with Crippen LogP contribution in [-0.4, -0.2) is 18.4 Å². The number of carbonyl (C=O) groups excluding carboxylic acids is 2. The van der Waals surface area contributed by atoms with Gasteiger partial charge in [0.2, 0.25) is 11.8 Å². The van der Waals surface area contributed by atoms with Crippen molar-refractivity contribution in [1.29, 1.82) is 0 Å². The Labute approximate surface area is 159 Å². The van der Waals surface area contributed by atoms with Crippen molar-refractivity contribution in [3.63, 3.8) is 0 Å². The van der Waals surface area contributed by atoms with E-state index in [0.717, 1.165) is 16.9 Å². The first-order valence-corrected chi connectivity index (χ1v) is 9.21. The zero-order chi connectivity index (χ0) is 18.8. The Morgan fingerprint density at radius 2 is 1.88 bits per heavy atom. The molecule has 1 saturated heterocycles. The average molecular weight is 371 g/mol. The van der Waals surface area contributed by atoms with E-state index in [-0.39, 0.29) is 24.2 Å². The summed E-state index contributed by atoms with van der Waals surface area (Å²) in [6.07, 6.45) is 0.210. The zero-order valence-electron chi connectivity index (χ0n) is 15.3. The maximum absolute atomic E-state index is 12.6. The lowest BCUT2D eigenvalue weighted by Crippen LogP contribution is -2.28. The van der Waals surface area contributed by atoms with Crippen LogP contribution in [0.3, 0.4) is 0 Å². The van der Waals surface area contributed by atoms with Crippen LogP contribution < -0.4 is 10.2 Å². The van der Waals surface area contributed by atoms with E-state index < -0.39 is 0 Å². The Balaban J connectivity index is 1.70. The molecule has 5 heteroatoms. The van der Waals surface area contributed by atoms with Crippen LogP contribution >= 0.6 is 11.6 Å². The summed E-state index contributed by atoms with van der Waals surface area (Å²) < 4.78 is 0. The fourth-order valence-electron chi connectivity index (χ4n) is 3.20. The van der Waals surface area contributed by atoms with Crippen molar-refractivity contribution in [3.8, 4) is 0 Å². The Kier molecular flexibility index (Phi) is 5.33. The van der Waals surface area contributed by atoms with E-state index in [2.05, 4.69) is 19.2 Å². The molecule has 0 spiro atoms. The van der Waals surface area contributed by atoms with Crippen LogP contribution in [0, 0.1) is 12.8 Å². The van der Waals surface area contributed by atoms with Crippen LogP contribution in [0.2, 0.25) is 5.02 Å². The fraction of sp³-hybridized carbons (Fsp3) is 0.333. The van der Waals surface area contributed by atoms with E-state index >= 15 is 0 Å². The molecule has 0 bridgehead atoms. The van der Waals surface area contributed by atoms with Gasteiger partial charge in [0.1, 0.15) is 0 Å². The van der Waals surface area contributed by atoms with Gasteiger partial charge >= 0.3 is 0 Å². The third-order valence-electron chi connectivity index (χ3n) is 4.87. The second-order valence-corrected chi connectivity index (χ2v) is 7.46. The quantitative estimate of drug-likeness (QED) is 0.843. The lowest BCUT2D eigenvalue weighted by atomic mass is 10.0. The summed E-state index contributed by atoms with van der Waals surface area (Å²) in [5.74, 6) is -0.101. The van der Waals surface area contributed by atoms with Crippen molar-refractivity contribution >= 4 is 34.8 Å². The number of amides is 2. The predicted octanol–water partition coefficient (Wildman–Crippen LogP) is 4.76. The maximum Gasteiger partial charge on any atom is 0.229 e. The van der Waals surface area contributed by atoms with Gasteiger partial charge in [-0.2, -0.15) is 0 Å². The number of anilines is 2. The van der Waals surface area contributed by atoms with Gasteiger partial charge in [0, 0.05) is 29.4 Å². The number of nitrogens with zero attached hydrogens (tertiary/aromatic N) is 1. The summed E-state index contributed by atoms with van der Waals surface area (Å²) in [7, 11) is 0. The highest BCUT2D eigenvalue weighted by Gasteiger charge is 2.35. The third kappa shape index (κ3) is 3.75. The first-order chi connectivity index (χ1) is 12.4. The summed E-state index contributed by atoms with van der Waals surface area (Å²) in [5, 5.41) is 3.54. The summed E-state index contributed by atoms with van der Waals surface area (Å²) in [5.41, 5.74) is 3.61. The van der Waals surface area contributed by atoms with Gasteiger partial charge < -0.3 is 10.2 Å². The van der Waals surface area contributed by atoms with Gasteiger partial charge in [0.05, 0.1) is 5.92 Å². The van der Waals surface area contributed by atoms with Crippen molar-refractivity contribution in [1.82, 2.24) is 0 Å². The van der Waals surface area contributed by atoms with Crippen LogP contribution in [0.1, 0.15) is 37.3 Å². The molecule has 0 aromatic heterocycles. The van der Waals surface area contributed by atoms with Crippen molar-refractivity contribution in [2.24, 2.45) is 5.92 Å². The summed E-state index contributed by atoms with van der Waals surface area (Å²) >= 11 is 6.16.